The number of alkyl halides is 2. The summed E-state index contributed by atoms with van der Waals surface area (Å²) >= 11 is 0. The van der Waals surface area contributed by atoms with E-state index in [1.54, 1.807) is 12.1 Å². The monoisotopic (exact) mass is 335 g/mol. The van der Waals surface area contributed by atoms with E-state index in [9.17, 15) is 13.2 Å². The summed E-state index contributed by atoms with van der Waals surface area (Å²) in [5.41, 5.74) is 0.704. The molecule has 0 aliphatic heterocycles. The van der Waals surface area contributed by atoms with Crippen LogP contribution in [0.25, 0.3) is 11.3 Å². The van der Waals surface area contributed by atoms with Crippen molar-refractivity contribution in [2.24, 2.45) is 0 Å². The van der Waals surface area contributed by atoms with Crippen LogP contribution in [0.4, 0.5) is 18.9 Å². The van der Waals surface area contributed by atoms with Crippen LogP contribution < -0.4 is 5.32 Å². The smallest absolute Gasteiger partial charge is 0.289 e. The highest BCUT2D eigenvalue weighted by Crippen LogP contribution is 2.35. The Hall–Kier alpha value is -2.11. The molecule has 3 nitrogen and oxygen atoms in total. The molecule has 0 atom stereocenters. The van der Waals surface area contributed by atoms with Gasteiger partial charge in [-0.1, -0.05) is 19.3 Å². The number of pyridine rings is 2. The van der Waals surface area contributed by atoms with Crippen molar-refractivity contribution in [3.8, 4) is 11.3 Å². The minimum atomic E-state index is -3.09. The second-order valence-electron chi connectivity index (χ2n) is 6.35. The molecule has 0 aromatic carbocycles. The summed E-state index contributed by atoms with van der Waals surface area (Å²) in [5.74, 6) is -3.61. The van der Waals surface area contributed by atoms with Gasteiger partial charge in [0.25, 0.3) is 5.92 Å². The van der Waals surface area contributed by atoms with Crippen molar-refractivity contribution in [1.82, 2.24) is 9.97 Å². The first-order chi connectivity index (χ1) is 11.4. The van der Waals surface area contributed by atoms with Crippen LogP contribution in [-0.4, -0.2) is 16.0 Å². The van der Waals surface area contributed by atoms with Gasteiger partial charge in [0.15, 0.2) is 0 Å². The molecular weight excluding hydrogens is 315 g/mol. The number of nitrogens with one attached hydrogen (secondary N) is 1. The van der Waals surface area contributed by atoms with Gasteiger partial charge in [0.1, 0.15) is 11.5 Å². The lowest BCUT2D eigenvalue weighted by Gasteiger charge is -2.26. The third kappa shape index (κ3) is 3.86. The number of hydrogen-bond donors (Lipinski definition) is 1. The Kier molecular flexibility index (Phi) is 4.73. The van der Waals surface area contributed by atoms with Crippen LogP contribution in [0, 0.1) is 5.82 Å². The average molecular weight is 335 g/mol. The Balaban J connectivity index is 1.94. The number of anilines is 1. The third-order valence-electron chi connectivity index (χ3n) is 4.28. The van der Waals surface area contributed by atoms with Gasteiger partial charge in [-0.3, -0.25) is 4.98 Å². The van der Waals surface area contributed by atoms with Gasteiger partial charge in [0.2, 0.25) is 0 Å². The zero-order chi connectivity index (χ0) is 17.2. The van der Waals surface area contributed by atoms with Gasteiger partial charge in [-0.15, -0.1) is 0 Å². The van der Waals surface area contributed by atoms with Crippen LogP contribution in [-0.2, 0) is 5.92 Å². The summed E-state index contributed by atoms with van der Waals surface area (Å²) in [7, 11) is 0. The molecule has 1 N–H and O–H groups in total. The predicted molar refractivity (Wildman–Crippen MR) is 87.5 cm³/mol. The number of rotatable bonds is 4. The summed E-state index contributed by atoms with van der Waals surface area (Å²) in [6.07, 6.45) is 7.84. The number of aromatic nitrogens is 2. The molecule has 1 aliphatic rings. The number of hydrogen-bond acceptors (Lipinski definition) is 3. The van der Waals surface area contributed by atoms with E-state index in [0.717, 1.165) is 38.8 Å². The van der Waals surface area contributed by atoms with E-state index in [2.05, 4.69) is 15.3 Å². The largest absolute Gasteiger partial charge is 0.381 e. The molecule has 1 fully saturated rings. The highest BCUT2D eigenvalue weighted by atomic mass is 19.3. The van der Waals surface area contributed by atoms with E-state index < -0.39 is 11.7 Å². The van der Waals surface area contributed by atoms with Crippen molar-refractivity contribution in [2.45, 2.75) is 51.0 Å². The minimum absolute atomic E-state index is 0.198. The maximum atomic E-state index is 14.1. The molecular formula is C18H20F3N3. The topological polar surface area (TPSA) is 37.8 Å². The fraction of sp³-hybridized carbons (Fsp3) is 0.444. The summed E-state index contributed by atoms with van der Waals surface area (Å²) in [6.45, 7) is 0.828. The predicted octanol–water partition coefficient (Wildman–Crippen LogP) is 5.14. The number of nitrogens with zero attached hydrogens (tertiary/aromatic N) is 2. The van der Waals surface area contributed by atoms with Crippen molar-refractivity contribution < 1.29 is 13.2 Å². The maximum Gasteiger partial charge on any atom is 0.289 e. The molecule has 1 aliphatic carbocycles. The first kappa shape index (κ1) is 16.7. The first-order valence-corrected chi connectivity index (χ1v) is 8.20. The lowest BCUT2D eigenvalue weighted by atomic mass is 9.95. The molecule has 0 amide bonds. The molecule has 0 saturated heterocycles. The summed E-state index contributed by atoms with van der Waals surface area (Å²) in [5, 5.41) is 3.21. The molecule has 0 unspecified atom stereocenters. The van der Waals surface area contributed by atoms with Crippen molar-refractivity contribution in [2.75, 3.05) is 5.32 Å². The van der Waals surface area contributed by atoms with E-state index in [1.807, 2.05) is 0 Å². The quantitative estimate of drug-likeness (QED) is 0.841. The van der Waals surface area contributed by atoms with Gasteiger partial charge < -0.3 is 5.32 Å². The van der Waals surface area contributed by atoms with Crippen LogP contribution in [0.15, 0.2) is 30.6 Å². The molecule has 0 radical (unpaired) electrons. The second kappa shape index (κ2) is 6.79. The highest BCUT2D eigenvalue weighted by Gasteiger charge is 2.31. The molecule has 128 valence electrons. The molecule has 6 heteroatoms. The molecule has 1 saturated carbocycles. The summed E-state index contributed by atoms with van der Waals surface area (Å²) in [6, 6.07) is 4.66. The number of halogens is 3. The van der Waals surface area contributed by atoms with Crippen LogP contribution in [0.2, 0.25) is 0 Å². The Bertz CT molecular complexity index is 707. The fourth-order valence-electron chi connectivity index (χ4n) is 3.09. The normalized spacial score (nSPS) is 16.2. The standard InChI is InChI=1S/C18H20F3N3/c1-18(20,21)17-16(23-14-5-3-2-4-6-14)8-7-15(24-17)12-9-13(19)11-22-10-12/h7-11,14,23H,2-6H2,1H3. The zero-order valence-corrected chi connectivity index (χ0v) is 13.5. The van der Waals surface area contributed by atoms with E-state index in [-0.39, 0.29) is 17.4 Å². The second-order valence-corrected chi connectivity index (χ2v) is 6.35. The van der Waals surface area contributed by atoms with Gasteiger partial charge in [-0.2, -0.15) is 8.78 Å². The maximum absolute atomic E-state index is 14.1. The molecule has 2 aromatic rings. The SMILES string of the molecule is CC(F)(F)c1nc(-c2cncc(F)c2)ccc1NC1CCCCC1. The molecule has 0 spiro atoms. The Labute approximate surface area is 139 Å². The van der Waals surface area contributed by atoms with Crippen molar-refractivity contribution in [1.29, 1.82) is 0 Å². The van der Waals surface area contributed by atoms with Crippen molar-refractivity contribution >= 4 is 5.69 Å². The average Bonchev–Trinajstić information content (AvgIpc) is 2.55. The molecule has 3 rings (SSSR count). The van der Waals surface area contributed by atoms with Crippen LogP contribution in [0.3, 0.4) is 0 Å². The van der Waals surface area contributed by atoms with E-state index in [1.165, 1.54) is 18.7 Å². The Morgan fingerprint density at radius 3 is 2.54 bits per heavy atom. The van der Waals surface area contributed by atoms with E-state index >= 15 is 0 Å². The zero-order valence-electron chi connectivity index (χ0n) is 13.5. The summed E-state index contributed by atoms with van der Waals surface area (Å²) < 4.78 is 41.4. The fourth-order valence-corrected chi connectivity index (χ4v) is 3.09. The molecule has 2 aromatic heterocycles. The Morgan fingerprint density at radius 2 is 1.88 bits per heavy atom. The molecule has 2 heterocycles. The van der Waals surface area contributed by atoms with Gasteiger partial charge in [-0.05, 0) is 31.0 Å². The van der Waals surface area contributed by atoms with Crippen LogP contribution in [0.1, 0.15) is 44.7 Å². The minimum Gasteiger partial charge on any atom is -0.381 e. The summed E-state index contributed by atoms with van der Waals surface area (Å²) in [4.78, 5) is 7.85. The molecule has 24 heavy (non-hydrogen) atoms. The Morgan fingerprint density at radius 1 is 1.12 bits per heavy atom. The first-order valence-electron chi connectivity index (χ1n) is 8.20. The third-order valence-corrected chi connectivity index (χ3v) is 4.28. The van der Waals surface area contributed by atoms with Crippen LogP contribution in [0.5, 0.6) is 0 Å². The van der Waals surface area contributed by atoms with Gasteiger partial charge in [-0.25, -0.2) is 9.37 Å². The lowest BCUT2D eigenvalue weighted by Crippen LogP contribution is -2.25. The molecule has 0 bridgehead atoms. The van der Waals surface area contributed by atoms with Crippen molar-refractivity contribution in [3.05, 3.63) is 42.1 Å². The van der Waals surface area contributed by atoms with Gasteiger partial charge in [0.05, 0.1) is 17.6 Å². The van der Waals surface area contributed by atoms with E-state index in [0.29, 0.717) is 11.3 Å². The van der Waals surface area contributed by atoms with Crippen molar-refractivity contribution in [3.63, 3.8) is 0 Å². The highest BCUT2D eigenvalue weighted by molar-refractivity contribution is 5.63. The van der Waals surface area contributed by atoms with Gasteiger partial charge >= 0.3 is 0 Å². The lowest BCUT2D eigenvalue weighted by molar-refractivity contribution is 0.0136. The van der Waals surface area contributed by atoms with E-state index in [4.69, 9.17) is 0 Å². The van der Waals surface area contributed by atoms with Crippen LogP contribution >= 0.6 is 0 Å². The van der Waals surface area contributed by atoms with Gasteiger partial charge in [0, 0.05) is 24.7 Å².